The Morgan fingerprint density at radius 3 is 2.15 bits per heavy atom. The molecule has 0 bridgehead atoms. The molecule has 1 heterocycles. The monoisotopic (exact) mass is 286 g/mol. The Hall–Kier alpha value is -0.740. The van der Waals surface area contributed by atoms with Crippen LogP contribution in [0.25, 0.3) is 10.8 Å². The van der Waals surface area contributed by atoms with E-state index in [2.05, 4.69) is 37.0 Å². The van der Waals surface area contributed by atoms with E-state index in [1.54, 1.807) is 10.7 Å². The number of hydrogen-bond acceptors (Lipinski definition) is 0. The summed E-state index contributed by atoms with van der Waals surface area (Å²) < 4.78 is 0. The first kappa shape index (κ1) is 14.2. The van der Waals surface area contributed by atoms with Gasteiger partial charge in [0.05, 0.1) is 0 Å². The molecule has 0 saturated heterocycles. The van der Waals surface area contributed by atoms with Crippen LogP contribution in [0.5, 0.6) is 0 Å². The van der Waals surface area contributed by atoms with Gasteiger partial charge in [-0.2, -0.15) is 0 Å². The van der Waals surface area contributed by atoms with Gasteiger partial charge < -0.3 is 0 Å². The SMILES string of the molecule is CC1(c2[pH]cc3ccccc23)CCCCCCCCC1. The zero-order chi connectivity index (χ0) is 13.8. The van der Waals surface area contributed by atoms with E-state index >= 15 is 0 Å². The second kappa shape index (κ2) is 6.35. The summed E-state index contributed by atoms with van der Waals surface area (Å²) >= 11 is 0. The van der Waals surface area contributed by atoms with Crippen molar-refractivity contribution >= 4 is 19.0 Å². The zero-order valence-electron chi connectivity index (χ0n) is 12.8. The predicted molar refractivity (Wildman–Crippen MR) is 92.4 cm³/mol. The quantitative estimate of drug-likeness (QED) is 0.550. The van der Waals surface area contributed by atoms with Crippen molar-refractivity contribution in [2.24, 2.45) is 0 Å². The van der Waals surface area contributed by atoms with Gasteiger partial charge in [0.15, 0.2) is 0 Å². The first-order valence-corrected chi connectivity index (χ1v) is 9.44. The molecule has 1 aliphatic carbocycles. The third-order valence-corrected chi connectivity index (χ3v) is 6.78. The molecular weight excluding hydrogens is 259 g/mol. The topological polar surface area (TPSA) is 0 Å². The van der Waals surface area contributed by atoms with E-state index in [0.717, 1.165) is 8.19 Å². The normalized spacial score (nSPS) is 21.2. The Labute approximate surface area is 125 Å². The summed E-state index contributed by atoms with van der Waals surface area (Å²) in [4.78, 5) is 0. The summed E-state index contributed by atoms with van der Waals surface area (Å²) in [6, 6.07) is 9.04. The van der Waals surface area contributed by atoms with Crippen molar-refractivity contribution in [3.8, 4) is 0 Å². The number of rotatable bonds is 1. The van der Waals surface area contributed by atoms with Gasteiger partial charge in [-0.15, -0.1) is 8.19 Å². The standard InChI is InChI=1S/C19H27P/c1-19(13-9-5-3-2-4-6-10-14-19)18-17-12-8-7-11-16(17)15-20-18/h7-8,11-12,15,20H,2-6,9-10,13-14H2,1H3. The van der Waals surface area contributed by atoms with Gasteiger partial charge in [0, 0.05) is 0 Å². The lowest BCUT2D eigenvalue weighted by Gasteiger charge is -2.31. The summed E-state index contributed by atoms with van der Waals surface area (Å²) in [5, 5.41) is 4.80. The molecule has 1 aromatic heterocycles. The maximum atomic E-state index is 2.55. The molecule has 1 saturated carbocycles. The minimum absolute atomic E-state index is 0.457. The first-order valence-electron chi connectivity index (χ1n) is 8.36. The van der Waals surface area contributed by atoms with Crippen molar-refractivity contribution in [3.05, 3.63) is 35.4 Å². The second-order valence-corrected chi connectivity index (χ2v) is 7.86. The van der Waals surface area contributed by atoms with Gasteiger partial charge in [0.2, 0.25) is 0 Å². The minimum atomic E-state index is 0.457. The molecular formula is C19H27P. The van der Waals surface area contributed by atoms with Crippen LogP contribution in [0.2, 0.25) is 0 Å². The molecule has 1 atom stereocenters. The van der Waals surface area contributed by atoms with Gasteiger partial charge in [0.25, 0.3) is 0 Å². The Kier molecular flexibility index (Phi) is 4.51. The van der Waals surface area contributed by atoms with Crippen LogP contribution in [0.3, 0.4) is 0 Å². The molecule has 0 radical (unpaired) electrons. The van der Waals surface area contributed by atoms with E-state index in [0.29, 0.717) is 5.41 Å². The highest BCUT2D eigenvalue weighted by Gasteiger charge is 2.28. The largest absolute Gasteiger partial charge is 0.135 e. The Bertz CT molecular complexity index is 542. The Morgan fingerprint density at radius 1 is 0.850 bits per heavy atom. The molecule has 0 nitrogen and oxygen atoms in total. The van der Waals surface area contributed by atoms with Crippen LogP contribution in [0.4, 0.5) is 0 Å². The maximum Gasteiger partial charge on any atom is -0.00342 e. The van der Waals surface area contributed by atoms with Crippen molar-refractivity contribution in [1.82, 2.24) is 0 Å². The smallest absolute Gasteiger partial charge is 0.00342 e. The third-order valence-electron chi connectivity index (χ3n) is 5.16. The van der Waals surface area contributed by atoms with Crippen molar-refractivity contribution in [2.75, 3.05) is 0 Å². The number of hydrogen-bond donors (Lipinski definition) is 0. The fourth-order valence-corrected chi connectivity index (χ4v) is 5.40. The summed E-state index contributed by atoms with van der Waals surface area (Å²) in [6.45, 7) is 2.55. The fourth-order valence-electron chi connectivity index (χ4n) is 3.87. The molecule has 1 heteroatoms. The van der Waals surface area contributed by atoms with Crippen LogP contribution in [0.1, 0.15) is 70.0 Å². The van der Waals surface area contributed by atoms with Crippen molar-refractivity contribution < 1.29 is 0 Å². The minimum Gasteiger partial charge on any atom is -0.135 e. The summed E-state index contributed by atoms with van der Waals surface area (Å²) in [6.07, 6.45) is 12.9. The average Bonchev–Trinajstić information content (AvgIpc) is 2.91. The van der Waals surface area contributed by atoms with Crippen molar-refractivity contribution in [2.45, 2.75) is 70.1 Å². The molecule has 0 aliphatic heterocycles. The molecule has 0 spiro atoms. The van der Waals surface area contributed by atoms with Gasteiger partial charge in [0.1, 0.15) is 0 Å². The fraction of sp³-hybridized carbons (Fsp3) is 0.579. The lowest BCUT2D eigenvalue weighted by atomic mass is 9.76. The van der Waals surface area contributed by atoms with Crippen LogP contribution in [-0.2, 0) is 5.41 Å². The van der Waals surface area contributed by atoms with Crippen molar-refractivity contribution in [3.63, 3.8) is 0 Å². The highest BCUT2D eigenvalue weighted by molar-refractivity contribution is 7.31. The van der Waals surface area contributed by atoms with Gasteiger partial charge in [-0.3, -0.25) is 0 Å². The first-order chi connectivity index (χ1) is 9.80. The Morgan fingerprint density at radius 2 is 1.45 bits per heavy atom. The van der Waals surface area contributed by atoms with Crippen molar-refractivity contribution in [1.29, 1.82) is 0 Å². The van der Waals surface area contributed by atoms with Crippen LogP contribution >= 0.6 is 8.19 Å². The predicted octanol–water partition coefficient (Wildman–Crippen LogP) is 6.65. The molecule has 20 heavy (non-hydrogen) atoms. The number of fused-ring (bicyclic) bond motifs is 1. The van der Waals surface area contributed by atoms with Gasteiger partial charge in [-0.1, -0.05) is 76.1 Å². The highest BCUT2D eigenvalue weighted by atomic mass is 31.0. The third kappa shape index (κ3) is 2.96. The Balaban J connectivity index is 1.90. The molecule has 2 aromatic rings. The van der Waals surface area contributed by atoms with Crippen LogP contribution in [-0.4, -0.2) is 0 Å². The van der Waals surface area contributed by atoms with Crippen LogP contribution in [0, 0.1) is 0 Å². The van der Waals surface area contributed by atoms with E-state index in [9.17, 15) is 0 Å². The van der Waals surface area contributed by atoms with E-state index in [4.69, 9.17) is 0 Å². The summed E-state index contributed by atoms with van der Waals surface area (Å²) in [7, 11) is 0.922. The zero-order valence-corrected chi connectivity index (χ0v) is 13.8. The number of benzene rings is 1. The van der Waals surface area contributed by atoms with Gasteiger partial charge in [-0.05, 0) is 40.1 Å². The highest BCUT2D eigenvalue weighted by Crippen LogP contribution is 2.45. The molecule has 108 valence electrons. The molecule has 1 unspecified atom stereocenters. The molecule has 1 fully saturated rings. The van der Waals surface area contributed by atoms with E-state index in [1.165, 1.54) is 63.2 Å². The maximum absolute atomic E-state index is 2.55. The van der Waals surface area contributed by atoms with Gasteiger partial charge >= 0.3 is 0 Å². The summed E-state index contributed by atoms with van der Waals surface area (Å²) in [5.74, 6) is 2.47. The van der Waals surface area contributed by atoms with Gasteiger partial charge in [-0.25, -0.2) is 0 Å². The summed E-state index contributed by atoms with van der Waals surface area (Å²) in [5.41, 5.74) is 0.457. The average molecular weight is 286 g/mol. The second-order valence-electron chi connectivity index (χ2n) is 6.79. The van der Waals surface area contributed by atoms with Crippen LogP contribution < -0.4 is 0 Å². The molecule has 3 rings (SSSR count). The lowest BCUT2D eigenvalue weighted by molar-refractivity contribution is 0.359. The molecule has 0 amide bonds. The lowest BCUT2D eigenvalue weighted by Crippen LogP contribution is -2.21. The molecule has 1 aliphatic rings. The van der Waals surface area contributed by atoms with Crippen LogP contribution in [0.15, 0.2) is 30.1 Å². The molecule has 0 N–H and O–H groups in total. The van der Waals surface area contributed by atoms with E-state index in [1.807, 2.05) is 0 Å². The molecule has 1 aromatic carbocycles. The van der Waals surface area contributed by atoms with E-state index in [-0.39, 0.29) is 0 Å². The van der Waals surface area contributed by atoms with E-state index < -0.39 is 0 Å².